The van der Waals surface area contributed by atoms with E-state index < -0.39 is 0 Å². The molecule has 0 aromatic heterocycles. The number of ether oxygens (including phenoxy) is 2. The lowest BCUT2D eigenvalue weighted by Gasteiger charge is -2.27. The summed E-state index contributed by atoms with van der Waals surface area (Å²) >= 11 is 0. The Bertz CT molecular complexity index is 630. The number of nitrogens with zero attached hydrogens (tertiary/aromatic N) is 2. The highest BCUT2D eigenvalue weighted by Crippen LogP contribution is 2.14. The van der Waals surface area contributed by atoms with Gasteiger partial charge >= 0.3 is 5.97 Å². The van der Waals surface area contributed by atoms with Crippen molar-refractivity contribution in [2.45, 2.75) is 45.7 Å². The van der Waals surface area contributed by atoms with Gasteiger partial charge in [0.15, 0.2) is 5.96 Å². The first-order valence-electron chi connectivity index (χ1n) is 10.7. The number of benzene rings is 1. The summed E-state index contributed by atoms with van der Waals surface area (Å²) in [6.07, 6.45) is 3.33. The van der Waals surface area contributed by atoms with E-state index in [-0.39, 0.29) is 5.97 Å². The number of methoxy groups -OCH3 is 1. The van der Waals surface area contributed by atoms with Crippen LogP contribution in [0.3, 0.4) is 0 Å². The second kappa shape index (κ2) is 14.0. The number of hydrogen-bond acceptors (Lipinski definition) is 5. The Labute approximate surface area is 174 Å². The van der Waals surface area contributed by atoms with Crippen molar-refractivity contribution in [1.82, 2.24) is 15.5 Å². The molecule has 0 unspecified atom stereocenters. The molecule has 1 heterocycles. The van der Waals surface area contributed by atoms with Crippen molar-refractivity contribution in [3.05, 3.63) is 35.4 Å². The number of unbranched alkanes of at least 4 members (excludes halogenated alkanes) is 2. The number of nitrogens with one attached hydrogen (secondary N) is 2. The fourth-order valence-electron chi connectivity index (χ4n) is 3.25. The summed E-state index contributed by atoms with van der Waals surface area (Å²) < 4.78 is 10.1. The molecule has 1 aliphatic heterocycles. The summed E-state index contributed by atoms with van der Waals surface area (Å²) in [4.78, 5) is 18.3. The lowest BCUT2D eigenvalue weighted by Crippen LogP contribution is -2.37. The molecule has 1 fully saturated rings. The van der Waals surface area contributed by atoms with E-state index in [1.165, 1.54) is 18.2 Å². The van der Waals surface area contributed by atoms with Crippen LogP contribution in [0.1, 0.15) is 43.7 Å². The Balaban J connectivity index is 1.82. The highest BCUT2D eigenvalue weighted by atomic mass is 16.5. The molecule has 7 nitrogen and oxygen atoms in total. The SMILES string of the molecule is CCNC(=NCc1ccccc1CN1CCOCC1)NCCCCCC(=O)OC. The molecule has 162 valence electrons. The van der Waals surface area contributed by atoms with Crippen LogP contribution in [0.4, 0.5) is 0 Å². The van der Waals surface area contributed by atoms with Crippen molar-refractivity contribution in [3.63, 3.8) is 0 Å². The first-order chi connectivity index (χ1) is 14.2. The zero-order valence-electron chi connectivity index (χ0n) is 17.9. The van der Waals surface area contributed by atoms with Gasteiger partial charge in [0, 0.05) is 39.1 Å². The Hall–Kier alpha value is -2.12. The largest absolute Gasteiger partial charge is 0.469 e. The van der Waals surface area contributed by atoms with Crippen molar-refractivity contribution >= 4 is 11.9 Å². The summed E-state index contributed by atoms with van der Waals surface area (Å²) in [7, 11) is 1.43. The molecular weight excluding hydrogens is 368 g/mol. The number of rotatable bonds is 11. The predicted molar refractivity (Wildman–Crippen MR) is 116 cm³/mol. The standard InChI is InChI=1S/C22H36N4O3/c1-3-23-22(24-12-8-4-5-11-21(27)28-2)25-17-19-9-6-7-10-20(19)18-26-13-15-29-16-14-26/h6-7,9-10H,3-5,8,11-18H2,1-2H3,(H2,23,24,25). The number of aliphatic imine (C=N–C) groups is 1. The number of carbonyl (C=O) groups excluding carboxylic acids is 1. The Morgan fingerprint density at radius 3 is 2.62 bits per heavy atom. The molecule has 0 amide bonds. The smallest absolute Gasteiger partial charge is 0.305 e. The molecule has 0 aliphatic carbocycles. The molecule has 29 heavy (non-hydrogen) atoms. The Morgan fingerprint density at radius 1 is 1.14 bits per heavy atom. The van der Waals surface area contributed by atoms with Gasteiger partial charge in [-0.15, -0.1) is 0 Å². The minimum absolute atomic E-state index is 0.136. The molecule has 0 atom stereocenters. The molecule has 0 spiro atoms. The molecule has 2 rings (SSSR count). The average molecular weight is 405 g/mol. The maximum Gasteiger partial charge on any atom is 0.305 e. The van der Waals surface area contributed by atoms with Crippen LogP contribution in [-0.4, -0.2) is 63.3 Å². The summed E-state index contributed by atoms with van der Waals surface area (Å²) in [5, 5.41) is 6.70. The van der Waals surface area contributed by atoms with Gasteiger partial charge in [-0.05, 0) is 30.9 Å². The predicted octanol–water partition coefficient (Wildman–Crippen LogP) is 2.31. The number of morpholine rings is 1. The van der Waals surface area contributed by atoms with Crippen LogP contribution in [0.2, 0.25) is 0 Å². The maximum absolute atomic E-state index is 11.1. The van der Waals surface area contributed by atoms with Crippen LogP contribution in [0.5, 0.6) is 0 Å². The van der Waals surface area contributed by atoms with Gasteiger partial charge in [-0.1, -0.05) is 30.7 Å². The Morgan fingerprint density at radius 2 is 1.90 bits per heavy atom. The van der Waals surface area contributed by atoms with Gasteiger partial charge < -0.3 is 20.1 Å². The molecule has 0 bridgehead atoms. The van der Waals surface area contributed by atoms with Crippen LogP contribution >= 0.6 is 0 Å². The normalized spacial score (nSPS) is 15.2. The van der Waals surface area contributed by atoms with E-state index in [1.807, 2.05) is 0 Å². The van der Waals surface area contributed by atoms with Crippen LogP contribution in [0.25, 0.3) is 0 Å². The first kappa shape index (κ1) is 23.2. The summed E-state index contributed by atoms with van der Waals surface area (Å²) in [6, 6.07) is 8.54. The first-order valence-corrected chi connectivity index (χ1v) is 10.7. The molecule has 1 aromatic rings. The van der Waals surface area contributed by atoms with Crippen molar-refractivity contribution in [2.24, 2.45) is 4.99 Å². The molecular formula is C22H36N4O3. The molecule has 0 radical (unpaired) electrons. The van der Waals surface area contributed by atoms with Crippen LogP contribution in [-0.2, 0) is 27.4 Å². The van der Waals surface area contributed by atoms with E-state index in [0.717, 1.165) is 71.2 Å². The fourth-order valence-corrected chi connectivity index (χ4v) is 3.25. The highest BCUT2D eigenvalue weighted by molar-refractivity contribution is 5.79. The maximum atomic E-state index is 11.1. The van der Waals surface area contributed by atoms with Crippen LogP contribution in [0, 0.1) is 0 Å². The minimum Gasteiger partial charge on any atom is -0.469 e. The number of guanidine groups is 1. The van der Waals surface area contributed by atoms with Crippen molar-refractivity contribution < 1.29 is 14.3 Å². The van der Waals surface area contributed by atoms with Gasteiger partial charge in [0.2, 0.25) is 0 Å². The fraction of sp³-hybridized carbons (Fsp3) is 0.636. The summed E-state index contributed by atoms with van der Waals surface area (Å²) in [5.74, 6) is 0.699. The zero-order chi connectivity index (χ0) is 20.7. The minimum atomic E-state index is -0.136. The quantitative estimate of drug-likeness (QED) is 0.255. The third-order valence-corrected chi connectivity index (χ3v) is 4.95. The molecule has 1 aromatic carbocycles. The van der Waals surface area contributed by atoms with E-state index in [4.69, 9.17) is 9.73 Å². The molecule has 7 heteroatoms. The zero-order valence-corrected chi connectivity index (χ0v) is 17.9. The average Bonchev–Trinajstić information content (AvgIpc) is 2.75. The van der Waals surface area contributed by atoms with E-state index in [1.54, 1.807) is 0 Å². The molecule has 0 saturated carbocycles. The topological polar surface area (TPSA) is 75.2 Å². The summed E-state index contributed by atoms with van der Waals surface area (Å²) in [6.45, 7) is 8.92. The van der Waals surface area contributed by atoms with Gasteiger partial charge in [0.25, 0.3) is 0 Å². The van der Waals surface area contributed by atoms with E-state index in [2.05, 4.69) is 51.5 Å². The van der Waals surface area contributed by atoms with Crippen LogP contribution < -0.4 is 10.6 Å². The van der Waals surface area contributed by atoms with Gasteiger partial charge in [-0.25, -0.2) is 4.99 Å². The van der Waals surface area contributed by atoms with Gasteiger partial charge in [0.05, 0.1) is 26.9 Å². The number of hydrogen-bond donors (Lipinski definition) is 2. The third kappa shape index (κ3) is 9.28. The number of esters is 1. The second-order valence-electron chi connectivity index (χ2n) is 7.17. The van der Waals surface area contributed by atoms with E-state index in [9.17, 15) is 4.79 Å². The van der Waals surface area contributed by atoms with Crippen molar-refractivity contribution in [3.8, 4) is 0 Å². The molecule has 1 aliphatic rings. The second-order valence-corrected chi connectivity index (χ2v) is 7.17. The number of carbonyl (C=O) groups is 1. The third-order valence-electron chi connectivity index (χ3n) is 4.95. The lowest BCUT2D eigenvalue weighted by atomic mass is 10.1. The van der Waals surface area contributed by atoms with E-state index in [0.29, 0.717) is 13.0 Å². The van der Waals surface area contributed by atoms with Crippen LogP contribution in [0.15, 0.2) is 29.3 Å². The molecule has 1 saturated heterocycles. The summed E-state index contributed by atoms with van der Waals surface area (Å²) in [5.41, 5.74) is 2.59. The Kier molecular flexibility index (Phi) is 11.1. The molecule has 2 N–H and O–H groups in total. The van der Waals surface area contributed by atoms with E-state index >= 15 is 0 Å². The van der Waals surface area contributed by atoms with Gasteiger partial charge in [0.1, 0.15) is 0 Å². The van der Waals surface area contributed by atoms with Crippen molar-refractivity contribution in [1.29, 1.82) is 0 Å². The highest BCUT2D eigenvalue weighted by Gasteiger charge is 2.12. The van der Waals surface area contributed by atoms with Gasteiger partial charge in [-0.3, -0.25) is 9.69 Å². The van der Waals surface area contributed by atoms with Crippen molar-refractivity contribution in [2.75, 3.05) is 46.5 Å². The van der Waals surface area contributed by atoms with Gasteiger partial charge in [-0.2, -0.15) is 0 Å². The lowest BCUT2D eigenvalue weighted by molar-refractivity contribution is -0.140. The monoisotopic (exact) mass is 404 g/mol.